The van der Waals surface area contributed by atoms with Crippen molar-refractivity contribution in [2.75, 3.05) is 13.1 Å². The van der Waals surface area contributed by atoms with Crippen molar-refractivity contribution in [3.05, 3.63) is 70.2 Å². The highest BCUT2D eigenvalue weighted by molar-refractivity contribution is 6.30. The maximum atomic E-state index is 13.5. The average molecular weight is 503 g/mol. The summed E-state index contributed by atoms with van der Waals surface area (Å²) in [6.07, 6.45) is -1.29. The van der Waals surface area contributed by atoms with E-state index in [4.69, 9.17) is 11.6 Å². The number of hydrogen-bond acceptors (Lipinski definition) is 5. The molecule has 1 aliphatic rings. The fraction of sp³-hybridized carbons (Fsp3) is 0.423. The van der Waals surface area contributed by atoms with Crippen LogP contribution in [0.3, 0.4) is 0 Å². The summed E-state index contributed by atoms with van der Waals surface area (Å²) < 4.78 is 0. The number of hydrogen-bond donors (Lipinski definition) is 4. The topological polar surface area (TPSA) is 127 Å². The van der Waals surface area contributed by atoms with E-state index in [0.717, 1.165) is 0 Å². The molecule has 0 radical (unpaired) electrons. The third kappa shape index (κ3) is 5.19. The van der Waals surface area contributed by atoms with E-state index in [9.17, 15) is 29.7 Å². The maximum absolute atomic E-state index is 13.5. The smallest absolute Gasteiger partial charge is 0.335 e. The van der Waals surface area contributed by atoms with Crippen LogP contribution in [0.5, 0.6) is 0 Å². The quantitative estimate of drug-likeness (QED) is 0.481. The van der Waals surface area contributed by atoms with Crippen molar-refractivity contribution in [2.45, 2.75) is 45.4 Å². The van der Waals surface area contributed by atoms with Crippen LogP contribution in [0, 0.1) is 11.3 Å². The Morgan fingerprint density at radius 3 is 2.23 bits per heavy atom. The van der Waals surface area contributed by atoms with Crippen molar-refractivity contribution >= 4 is 29.4 Å². The normalized spacial score (nSPS) is 22.5. The number of carboxylic acids is 1. The summed E-state index contributed by atoms with van der Waals surface area (Å²) in [7, 11) is 0. The van der Waals surface area contributed by atoms with Crippen molar-refractivity contribution in [2.24, 2.45) is 11.3 Å². The van der Waals surface area contributed by atoms with Gasteiger partial charge in [-0.2, -0.15) is 0 Å². The zero-order chi connectivity index (χ0) is 26.1. The number of carbonyl (C=O) groups excluding carboxylic acids is 2. The molecule has 0 spiro atoms. The highest BCUT2D eigenvalue weighted by Gasteiger charge is 2.55. The zero-order valence-electron chi connectivity index (χ0n) is 20.2. The predicted molar refractivity (Wildman–Crippen MR) is 131 cm³/mol. The summed E-state index contributed by atoms with van der Waals surface area (Å²) in [5.41, 5.74) is -1.97. The van der Waals surface area contributed by atoms with Gasteiger partial charge in [0.2, 0.25) is 5.91 Å². The summed E-state index contributed by atoms with van der Waals surface area (Å²) in [6.45, 7) is 7.11. The Morgan fingerprint density at radius 2 is 1.69 bits per heavy atom. The van der Waals surface area contributed by atoms with Crippen LogP contribution >= 0.6 is 11.6 Å². The summed E-state index contributed by atoms with van der Waals surface area (Å²) in [6, 6.07) is 11.2. The minimum atomic E-state index is -1.62. The van der Waals surface area contributed by atoms with Gasteiger partial charge in [-0.25, -0.2) is 4.79 Å². The van der Waals surface area contributed by atoms with E-state index in [1.165, 1.54) is 29.2 Å². The van der Waals surface area contributed by atoms with Crippen LogP contribution < -0.4 is 5.32 Å². The van der Waals surface area contributed by atoms with Gasteiger partial charge in [0.05, 0.1) is 5.56 Å². The molecule has 1 fully saturated rings. The molecule has 8 nitrogen and oxygen atoms in total. The molecule has 0 aromatic heterocycles. The van der Waals surface area contributed by atoms with E-state index in [1.54, 1.807) is 52.0 Å². The summed E-state index contributed by atoms with van der Waals surface area (Å²) in [5.74, 6) is -2.41. The van der Waals surface area contributed by atoms with Crippen molar-refractivity contribution in [1.82, 2.24) is 10.2 Å². The lowest BCUT2D eigenvalue weighted by Gasteiger charge is -2.53. The highest BCUT2D eigenvalue weighted by Crippen LogP contribution is 2.46. The number of halogens is 1. The first-order valence-corrected chi connectivity index (χ1v) is 11.7. The number of β-amino-alcohol motifs (C(OH)–C–C–N with tert-alkyl or cyclic N) is 1. The number of benzene rings is 2. The first kappa shape index (κ1) is 26.7. The average Bonchev–Trinajstić information content (AvgIpc) is 2.80. The second-order valence-corrected chi connectivity index (χ2v) is 10.4. The van der Waals surface area contributed by atoms with Crippen LogP contribution in [0.2, 0.25) is 5.02 Å². The molecular formula is C26H31ClN2O6. The number of aromatic carboxylic acids is 1. The number of nitrogens with one attached hydrogen (secondary N) is 1. The third-order valence-electron chi connectivity index (χ3n) is 6.68. The molecular weight excluding hydrogens is 472 g/mol. The Hall–Kier alpha value is -2.94. The van der Waals surface area contributed by atoms with Gasteiger partial charge >= 0.3 is 5.97 Å². The standard InChI is InChI=1S/C26H31ClN2O6/c1-15(2)21(28-22(31)16-6-5-7-17(12-16)24(33)34)23(32)29-13-20(30)26(35,25(3,4)14-29)18-8-10-19(27)11-9-18/h5-12,15,20-21,30,35H,13-14H2,1-4H3,(H,28,31)(H,33,34)/t20-,21-,26-/m1/s1. The van der Waals surface area contributed by atoms with Crippen molar-refractivity contribution in [3.8, 4) is 0 Å². The first-order valence-electron chi connectivity index (χ1n) is 11.4. The number of likely N-dealkylation sites (tertiary alicyclic amines) is 1. The predicted octanol–water partition coefficient (Wildman–Crippen LogP) is 2.91. The largest absolute Gasteiger partial charge is 0.478 e. The summed E-state index contributed by atoms with van der Waals surface area (Å²) in [4.78, 5) is 39.1. The lowest BCUT2D eigenvalue weighted by atomic mass is 9.65. The molecule has 4 N–H and O–H groups in total. The van der Waals surface area contributed by atoms with Crippen LogP contribution in [0.1, 0.15) is 54.0 Å². The molecule has 1 heterocycles. The second-order valence-electron chi connectivity index (χ2n) is 9.97. The molecule has 2 amide bonds. The maximum Gasteiger partial charge on any atom is 0.335 e. The minimum Gasteiger partial charge on any atom is -0.478 e. The number of rotatable bonds is 6. The van der Waals surface area contributed by atoms with E-state index < -0.39 is 40.9 Å². The second kappa shape index (κ2) is 9.97. The van der Waals surface area contributed by atoms with Gasteiger partial charge in [-0.3, -0.25) is 9.59 Å². The number of piperidine rings is 1. The number of nitrogens with zero attached hydrogens (tertiary/aromatic N) is 1. The molecule has 0 saturated carbocycles. The number of carbonyl (C=O) groups is 3. The minimum absolute atomic E-state index is 0.0348. The van der Waals surface area contributed by atoms with Gasteiger partial charge in [0.25, 0.3) is 5.91 Å². The van der Waals surface area contributed by atoms with Gasteiger partial charge in [-0.15, -0.1) is 0 Å². The molecule has 2 aromatic rings. The van der Waals surface area contributed by atoms with Crippen LogP contribution in [-0.4, -0.2) is 63.2 Å². The molecule has 3 atom stereocenters. The van der Waals surface area contributed by atoms with Crippen molar-refractivity contribution < 1.29 is 29.7 Å². The molecule has 0 aliphatic carbocycles. The van der Waals surface area contributed by atoms with Gasteiger partial charge in [0.15, 0.2) is 0 Å². The molecule has 35 heavy (non-hydrogen) atoms. The van der Waals surface area contributed by atoms with Crippen LogP contribution in [0.4, 0.5) is 0 Å². The Morgan fingerprint density at radius 1 is 1.09 bits per heavy atom. The van der Waals surface area contributed by atoms with Crippen molar-refractivity contribution in [3.63, 3.8) is 0 Å². The molecule has 188 valence electrons. The Kier molecular flexibility index (Phi) is 7.59. The monoisotopic (exact) mass is 502 g/mol. The van der Waals surface area contributed by atoms with Gasteiger partial charge in [0, 0.05) is 29.1 Å². The zero-order valence-corrected chi connectivity index (χ0v) is 20.9. The lowest BCUT2D eigenvalue weighted by Crippen LogP contribution is -2.66. The van der Waals surface area contributed by atoms with E-state index in [1.807, 2.05) is 0 Å². The van der Waals surface area contributed by atoms with Gasteiger partial charge < -0.3 is 25.5 Å². The number of amides is 2. The fourth-order valence-electron chi connectivity index (χ4n) is 4.64. The van der Waals surface area contributed by atoms with E-state index in [2.05, 4.69) is 5.32 Å². The summed E-state index contributed by atoms with van der Waals surface area (Å²) in [5, 5.41) is 35.0. The fourth-order valence-corrected chi connectivity index (χ4v) is 4.76. The SMILES string of the molecule is CC(C)[C@@H](NC(=O)c1cccc(C(=O)O)c1)C(=O)N1C[C@@H](O)[C@](O)(c2ccc(Cl)cc2)C(C)(C)C1. The Bertz CT molecular complexity index is 1120. The number of aliphatic hydroxyl groups excluding tert-OH is 1. The lowest BCUT2D eigenvalue weighted by molar-refractivity contribution is -0.200. The summed E-state index contributed by atoms with van der Waals surface area (Å²) >= 11 is 5.98. The molecule has 0 bridgehead atoms. The molecule has 0 unspecified atom stereocenters. The van der Waals surface area contributed by atoms with E-state index in [-0.39, 0.29) is 30.1 Å². The van der Waals surface area contributed by atoms with Gasteiger partial charge in [-0.05, 0) is 41.8 Å². The van der Waals surface area contributed by atoms with Gasteiger partial charge in [0.1, 0.15) is 17.7 Å². The molecule has 1 saturated heterocycles. The van der Waals surface area contributed by atoms with E-state index in [0.29, 0.717) is 10.6 Å². The number of carboxylic acid groups (broad SMARTS) is 1. The number of aliphatic hydroxyl groups is 2. The Labute approximate surface area is 209 Å². The van der Waals surface area contributed by atoms with Crippen LogP contribution in [0.25, 0.3) is 0 Å². The Balaban J connectivity index is 1.83. The molecule has 3 rings (SSSR count). The molecule has 9 heteroatoms. The first-order chi connectivity index (χ1) is 16.3. The van der Waals surface area contributed by atoms with Crippen molar-refractivity contribution in [1.29, 1.82) is 0 Å². The van der Waals surface area contributed by atoms with Crippen LogP contribution in [-0.2, 0) is 10.4 Å². The highest BCUT2D eigenvalue weighted by atomic mass is 35.5. The molecule has 2 aromatic carbocycles. The van der Waals surface area contributed by atoms with Crippen LogP contribution in [0.15, 0.2) is 48.5 Å². The third-order valence-corrected chi connectivity index (χ3v) is 6.93. The molecule has 1 aliphatic heterocycles. The van der Waals surface area contributed by atoms with Gasteiger partial charge in [-0.1, -0.05) is 57.5 Å². The van der Waals surface area contributed by atoms with E-state index >= 15 is 0 Å².